The predicted octanol–water partition coefficient (Wildman–Crippen LogP) is 6.32. The van der Waals surface area contributed by atoms with Gasteiger partial charge in [-0.05, 0) is 78.7 Å². The summed E-state index contributed by atoms with van der Waals surface area (Å²) in [6, 6.07) is 18.2. The van der Waals surface area contributed by atoms with Crippen LogP contribution in [0.25, 0.3) is 6.08 Å². The molecule has 0 bridgehead atoms. The summed E-state index contributed by atoms with van der Waals surface area (Å²) in [5.41, 5.74) is 2.93. The van der Waals surface area contributed by atoms with E-state index in [9.17, 15) is 14.0 Å². The van der Waals surface area contributed by atoms with Crippen LogP contribution in [-0.2, 0) is 9.59 Å². The molecule has 1 aliphatic heterocycles. The van der Waals surface area contributed by atoms with Crippen molar-refractivity contribution in [2.75, 3.05) is 16.8 Å². The lowest BCUT2D eigenvalue weighted by molar-refractivity contribution is -0.118. The second-order valence-corrected chi connectivity index (χ2v) is 9.90. The number of nitrogens with zero attached hydrogens (tertiary/aromatic N) is 1. The molecule has 0 aliphatic carbocycles. The lowest BCUT2D eigenvalue weighted by atomic mass is 10.2. The highest BCUT2D eigenvalue weighted by atomic mass is 79.9. The quantitative estimate of drug-likeness (QED) is 0.284. The van der Waals surface area contributed by atoms with Crippen LogP contribution in [0.3, 0.4) is 0 Å². The minimum absolute atomic E-state index is 0.161. The fourth-order valence-electron chi connectivity index (χ4n) is 3.19. The molecule has 0 spiro atoms. The molecule has 34 heavy (non-hydrogen) atoms. The van der Waals surface area contributed by atoms with Crippen molar-refractivity contribution in [1.29, 1.82) is 0 Å². The van der Waals surface area contributed by atoms with Gasteiger partial charge < -0.3 is 10.1 Å². The second-order valence-electron chi connectivity index (χ2n) is 7.37. The average Bonchev–Trinajstić information content (AvgIpc) is 3.08. The van der Waals surface area contributed by atoms with Crippen LogP contribution in [0.5, 0.6) is 5.75 Å². The molecule has 0 unspecified atom stereocenters. The Bertz CT molecular complexity index is 1310. The van der Waals surface area contributed by atoms with Gasteiger partial charge in [0.05, 0.1) is 10.6 Å². The van der Waals surface area contributed by atoms with Crippen LogP contribution in [-0.4, -0.2) is 22.7 Å². The first-order valence-corrected chi connectivity index (χ1v) is 12.1. The number of thiocarbonyl (C=S) groups is 1. The topological polar surface area (TPSA) is 58.6 Å². The molecular formula is C25H18BrFN2O3S2. The fraction of sp³-hybridized carbons (Fsp3) is 0.0800. The molecule has 9 heteroatoms. The van der Waals surface area contributed by atoms with Crippen LogP contribution >= 0.6 is 39.9 Å². The molecule has 1 heterocycles. The van der Waals surface area contributed by atoms with Gasteiger partial charge in [0, 0.05) is 10.2 Å². The third-order valence-electron chi connectivity index (χ3n) is 4.85. The number of thioether (sulfide) groups is 1. The minimum atomic E-state index is -0.387. The van der Waals surface area contributed by atoms with Gasteiger partial charge in [-0.25, -0.2) is 4.39 Å². The number of aryl methyl sites for hydroxylation is 1. The molecule has 3 aromatic rings. The van der Waals surface area contributed by atoms with E-state index < -0.39 is 0 Å². The molecule has 0 atom stereocenters. The summed E-state index contributed by atoms with van der Waals surface area (Å²) in [5, 5.41) is 2.80. The molecule has 5 nitrogen and oxygen atoms in total. The molecular weight excluding hydrogens is 539 g/mol. The highest BCUT2D eigenvalue weighted by Crippen LogP contribution is 2.36. The smallest absolute Gasteiger partial charge is 0.270 e. The monoisotopic (exact) mass is 556 g/mol. The molecule has 0 saturated carbocycles. The lowest BCUT2D eigenvalue weighted by Crippen LogP contribution is -2.27. The number of ether oxygens (including phenoxy) is 1. The second kappa shape index (κ2) is 10.5. The summed E-state index contributed by atoms with van der Waals surface area (Å²) in [6.45, 7) is 1.78. The van der Waals surface area contributed by atoms with Gasteiger partial charge >= 0.3 is 0 Å². The van der Waals surface area contributed by atoms with E-state index in [2.05, 4.69) is 21.2 Å². The Labute approximate surface area is 214 Å². The Morgan fingerprint density at radius 2 is 1.94 bits per heavy atom. The molecule has 0 radical (unpaired) electrons. The third kappa shape index (κ3) is 5.72. The van der Waals surface area contributed by atoms with E-state index in [0.29, 0.717) is 26.3 Å². The summed E-state index contributed by atoms with van der Waals surface area (Å²) in [7, 11) is 0. The number of benzene rings is 3. The van der Waals surface area contributed by atoms with Crippen LogP contribution in [0.1, 0.15) is 11.1 Å². The van der Waals surface area contributed by atoms with Gasteiger partial charge in [-0.2, -0.15) is 0 Å². The highest BCUT2D eigenvalue weighted by molar-refractivity contribution is 9.10. The maximum Gasteiger partial charge on any atom is 0.270 e. The average molecular weight is 557 g/mol. The molecule has 2 amide bonds. The van der Waals surface area contributed by atoms with Gasteiger partial charge in [0.2, 0.25) is 0 Å². The van der Waals surface area contributed by atoms with Crippen LogP contribution < -0.4 is 15.0 Å². The molecule has 1 N–H and O–H groups in total. The minimum Gasteiger partial charge on any atom is -0.484 e. The van der Waals surface area contributed by atoms with E-state index >= 15 is 0 Å². The number of rotatable bonds is 6. The number of amides is 2. The molecule has 0 aromatic heterocycles. The van der Waals surface area contributed by atoms with Crippen LogP contribution in [0.2, 0.25) is 0 Å². The zero-order valence-corrected chi connectivity index (χ0v) is 21.1. The van der Waals surface area contributed by atoms with E-state index in [1.807, 2.05) is 25.1 Å². The number of halogens is 2. The zero-order chi connectivity index (χ0) is 24.2. The predicted molar refractivity (Wildman–Crippen MR) is 141 cm³/mol. The van der Waals surface area contributed by atoms with Crippen molar-refractivity contribution < 1.29 is 18.7 Å². The third-order valence-corrected chi connectivity index (χ3v) is 7.04. The van der Waals surface area contributed by atoms with Gasteiger partial charge in [0.1, 0.15) is 11.6 Å². The molecule has 1 saturated heterocycles. The first-order chi connectivity index (χ1) is 16.3. The van der Waals surface area contributed by atoms with E-state index in [1.165, 1.54) is 40.9 Å². The first-order valence-electron chi connectivity index (χ1n) is 10.1. The SMILES string of the molecule is Cc1cc(NC(=O)COc2cccc(/C=C3\SC(=S)N(c4ccc(F)cc4)C3=O)c2)ccc1Br. The Hall–Kier alpha value is -3.01. The number of anilines is 2. The Kier molecular flexibility index (Phi) is 7.45. The number of hydrogen-bond acceptors (Lipinski definition) is 5. The summed E-state index contributed by atoms with van der Waals surface area (Å²) in [4.78, 5) is 27.0. The molecule has 172 valence electrons. The van der Waals surface area contributed by atoms with Crippen molar-refractivity contribution in [3.8, 4) is 5.75 Å². The molecule has 3 aromatic carbocycles. The van der Waals surface area contributed by atoms with Gasteiger partial charge in [0.15, 0.2) is 10.9 Å². The van der Waals surface area contributed by atoms with Crippen LogP contribution in [0.4, 0.5) is 15.8 Å². The Morgan fingerprint density at radius 3 is 2.68 bits per heavy atom. The fourth-order valence-corrected chi connectivity index (χ4v) is 4.74. The summed E-state index contributed by atoms with van der Waals surface area (Å²) in [6.07, 6.45) is 1.71. The van der Waals surface area contributed by atoms with Crippen molar-refractivity contribution in [1.82, 2.24) is 0 Å². The van der Waals surface area contributed by atoms with E-state index in [1.54, 1.807) is 30.3 Å². The lowest BCUT2D eigenvalue weighted by Gasteiger charge is -2.14. The zero-order valence-electron chi connectivity index (χ0n) is 17.9. The number of hydrogen-bond donors (Lipinski definition) is 1. The molecule has 1 fully saturated rings. The molecule has 1 aliphatic rings. The summed E-state index contributed by atoms with van der Waals surface area (Å²) in [5.74, 6) is -0.462. The first kappa shape index (κ1) is 24.1. The van der Waals surface area contributed by atoms with Crippen molar-refractivity contribution in [3.05, 3.63) is 93.1 Å². The number of carbonyl (C=O) groups is 2. The van der Waals surface area contributed by atoms with Crippen molar-refractivity contribution in [2.24, 2.45) is 0 Å². The highest BCUT2D eigenvalue weighted by Gasteiger charge is 2.33. The van der Waals surface area contributed by atoms with E-state index in [-0.39, 0.29) is 24.2 Å². The van der Waals surface area contributed by atoms with E-state index in [0.717, 1.165) is 15.6 Å². The van der Waals surface area contributed by atoms with Gasteiger partial charge in [0.25, 0.3) is 11.8 Å². The largest absolute Gasteiger partial charge is 0.484 e. The summed E-state index contributed by atoms with van der Waals surface area (Å²) < 4.78 is 20.2. The standard InChI is InChI=1S/C25H18BrFN2O3S2/c1-15-11-18(7-10-21(15)26)28-23(30)14-32-20-4-2-3-16(12-20)13-22-24(31)29(25(33)34-22)19-8-5-17(27)6-9-19/h2-13H,14H2,1H3,(H,28,30)/b22-13-. The van der Waals surface area contributed by atoms with Crippen LogP contribution in [0.15, 0.2) is 76.1 Å². The number of nitrogens with one attached hydrogen (secondary N) is 1. The van der Waals surface area contributed by atoms with Crippen molar-refractivity contribution in [3.63, 3.8) is 0 Å². The van der Waals surface area contributed by atoms with E-state index in [4.69, 9.17) is 17.0 Å². The van der Waals surface area contributed by atoms with Crippen molar-refractivity contribution >= 4 is 73.5 Å². The van der Waals surface area contributed by atoms with Crippen molar-refractivity contribution in [2.45, 2.75) is 6.92 Å². The Balaban J connectivity index is 1.41. The molecule has 4 rings (SSSR count). The maximum absolute atomic E-state index is 13.2. The van der Waals surface area contributed by atoms with Gasteiger partial charge in [-0.1, -0.05) is 52.0 Å². The van der Waals surface area contributed by atoms with Gasteiger partial charge in [-0.3, -0.25) is 14.5 Å². The number of carbonyl (C=O) groups excluding carboxylic acids is 2. The summed E-state index contributed by atoms with van der Waals surface area (Å²) >= 11 is 9.95. The van der Waals surface area contributed by atoms with Crippen LogP contribution in [0, 0.1) is 12.7 Å². The Morgan fingerprint density at radius 1 is 1.18 bits per heavy atom. The normalized spacial score (nSPS) is 14.6. The maximum atomic E-state index is 13.2. The van der Waals surface area contributed by atoms with Gasteiger partial charge in [-0.15, -0.1) is 0 Å².